The summed E-state index contributed by atoms with van der Waals surface area (Å²) >= 11 is 0. The van der Waals surface area contributed by atoms with Gasteiger partial charge in [-0.2, -0.15) is 0 Å². The zero-order valence-electron chi connectivity index (χ0n) is 14.8. The van der Waals surface area contributed by atoms with Crippen LogP contribution in [-0.2, 0) is 0 Å². The summed E-state index contributed by atoms with van der Waals surface area (Å²) in [4.78, 5) is 0. The van der Waals surface area contributed by atoms with E-state index in [1.54, 1.807) is 0 Å². The maximum absolute atomic E-state index is 6.07. The summed E-state index contributed by atoms with van der Waals surface area (Å²) in [6, 6.07) is 6.33. The van der Waals surface area contributed by atoms with Gasteiger partial charge in [-0.05, 0) is 58.1 Å². The highest BCUT2D eigenvalue weighted by molar-refractivity contribution is 5.35. The summed E-state index contributed by atoms with van der Waals surface area (Å²) in [6.45, 7) is 18.6. The van der Waals surface area contributed by atoms with Crippen LogP contribution in [0.5, 0.6) is 5.75 Å². The van der Waals surface area contributed by atoms with Crippen molar-refractivity contribution < 1.29 is 4.74 Å². The van der Waals surface area contributed by atoms with Crippen LogP contribution in [-0.4, -0.2) is 6.10 Å². The molecule has 0 heterocycles. The monoisotopic (exact) mass is 298 g/mol. The minimum atomic E-state index is 0.210. The molecule has 1 rings (SSSR count). The van der Waals surface area contributed by atoms with Crippen LogP contribution in [0.2, 0.25) is 0 Å². The molecule has 1 nitrogen and oxygen atoms in total. The lowest BCUT2D eigenvalue weighted by Crippen LogP contribution is -2.14. The van der Waals surface area contributed by atoms with E-state index in [2.05, 4.69) is 65.1 Å². The second-order valence-electron chi connectivity index (χ2n) is 6.43. The minimum absolute atomic E-state index is 0.210. The third-order valence-corrected chi connectivity index (χ3v) is 3.88. The number of ether oxygens (including phenoxy) is 1. The van der Waals surface area contributed by atoms with Gasteiger partial charge in [0.1, 0.15) is 5.75 Å². The van der Waals surface area contributed by atoms with Gasteiger partial charge in [0.05, 0.1) is 6.10 Å². The van der Waals surface area contributed by atoms with Gasteiger partial charge in [0.2, 0.25) is 0 Å². The number of hydrogen-bond donors (Lipinski definition) is 0. The van der Waals surface area contributed by atoms with Crippen LogP contribution in [0.15, 0.2) is 54.7 Å². The average Bonchev–Trinajstić information content (AvgIpc) is 2.45. The van der Waals surface area contributed by atoms with E-state index in [4.69, 9.17) is 4.74 Å². The molecule has 0 radical (unpaired) electrons. The van der Waals surface area contributed by atoms with Crippen molar-refractivity contribution in [2.24, 2.45) is 5.92 Å². The van der Waals surface area contributed by atoms with Gasteiger partial charge in [0.15, 0.2) is 0 Å². The van der Waals surface area contributed by atoms with Crippen LogP contribution in [0, 0.1) is 19.8 Å². The summed E-state index contributed by atoms with van der Waals surface area (Å²) in [5.74, 6) is 1.45. The average molecular weight is 298 g/mol. The molecule has 1 heteroatoms. The molecule has 0 bridgehead atoms. The molecular formula is C21H30O. The number of benzene rings is 1. The van der Waals surface area contributed by atoms with Crippen molar-refractivity contribution >= 4 is 0 Å². The Balaban J connectivity index is 2.47. The molecule has 120 valence electrons. The number of aryl methyl sites for hydroxylation is 2. The first-order chi connectivity index (χ1) is 10.3. The van der Waals surface area contributed by atoms with E-state index in [0.29, 0.717) is 5.92 Å². The van der Waals surface area contributed by atoms with Crippen LogP contribution in [0.25, 0.3) is 0 Å². The van der Waals surface area contributed by atoms with Crippen molar-refractivity contribution in [2.45, 2.75) is 53.6 Å². The van der Waals surface area contributed by atoms with Crippen molar-refractivity contribution in [2.75, 3.05) is 0 Å². The van der Waals surface area contributed by atoms with E-state index in [9.17, 15) is 0 Å². The largest absolute Gasteiger partial charge is 0.490 e. The Morgan fingerprint density at radius 2 is 1.82 bits per heavy atom. The van der Waals surface area contributed by atoms with Crippen molar-refractivity contribution in [3.05, 3.63) is 65.8 Å². The summed E-state index contributed by atoms with van der Waals surface area (Å²) in [7, 11) is 0. The van der Waals surface area contributed by atoms with Gasteiger partial charge < -0.3 is 4.74 Å². The van der Waals surface area contributed by atoms with Gasteiger partial charge >= 0.3 is 0 Å². The van der Waals surface area contributed by atoms with E-state index >= 15 is 0 Å². The van der Waals surface area contributed by atoms with E-state index < -0.39 is 0 Å². The molecule has 0 N–H and O–H groups in total. The molecular weight excluding hydrogens is 268 g/mol. The van der Waals surface area contributed by atoms with Crippen LogP contribution in [0.1, 0.15) is 44.7 Å². The standard InChI is InChI=1S/C21H30O/c1-15(2)8-10-17(4)18(5)11-12-20(7)22-21-13-9-16(3)14-19(21)6/h8-10,13-14,18,20H,1,4,11-12H2,2-3,5-7H3/b10-8-. The highest BCUT2D eigenvalue weighted by Crippen LogP contribution is 2.23. The lowest BCUT2D eigenvalue weighted by Gasteiger charge is -2.19. The minimum Gasteiger partial charge on any atom is -0.490 e. The van der Waals surface area contributed by atoms with Gasteiger partial charge in [-0.1, -0.05) is 61.1 Å². The van der Waals surface area contributed by atoms with Crippen LogP contribution < -0.4 is 4.74 Å². The topological polar surface area (TPSA) is 9.23 Å². The number of allylic oxidation sites excluding steroid dienone is 4. The summed E-state index contributed by atoms with van der Waals surface area (Å²) in [6.07, 6.45) is 6.40. The summed E-state index contributed by atoms with van der Waals surface area (Å²) in [5, 5.41) is 0. The third kappa shape index (κ3) is 6.34. The Bertz CT molecular complexity index is 551. The fourth-order valence-electron chi connectivity index (χ4n) is 2.29. The van der Waals surface area contributed by atoms with Crippen molar-refractivity contribution in [3.8, 4) is 5.75 Å². The van der Waals surface area contributed by atoms with E-state index in [-0.39, 0.29) is 6.10 Å². The van der Waals surface area contributed by atoms with Crippen molar-refractivity contribution in [1.29, 1.82) is 0 Å². The molecule has 0 fully saturated rings. The molecule has 2 unspecified atom stereocenters. The quantitative estimate of drug-likeness (QED) is 0.521. The first-order valence-electron chi connectivity index (χ1n) is 8.06. The van der Waals surface area contributed by atoms with Gasteiger partial charge in [0, 0.05) is 0 Å². The Labute approximate surface area is 136 Å². The molecule has 0 saturated carbocycles. The third-order valence-electron chi connectivity index (χ3n) is 3.88. The van der Waals surface area contributed by atoms with Gasteiger partial charge in [-0.15, -0.1) is 0 Å². The molecule has 0 aliphatic rings. The molecule has 0 aliphatic heterocycles. The maximum atomic E-state index is 6.07. The van der Waals surface area contributed by atoms with Crippen molar-refractivity contribution in [1.82, 2.24) is 0 Å². The Hall–Kier alpha value is -1.76. The van der Waals surface area contributed by atoms with E-state index in [0.717, 1.165) is 29.7 Å². The Morgan fingerprint density at radius 3 is 2.41 bits per heavy atom. The second kappa shape index (κ2) is 8.63. The second-order valence-corrected chi connectivity index (χ2v) is 6.43. The van der Waals surface area contributed by atoms with Gasteiger partial charge in [0.25, 0.3) is 0 Å². The zero-order valence-corrected chi connectivity index (χ0v) is 14.8. The normalized spacial score (nSPS) is 13.9. The molecule has 0 amide bonds. The summed E-state index contributed by atoms with van der Waals surface area (Å²) in [5.41, 5.74) is 4.68. The summed E-state index contributed by atoms with van der Waals surface area (Å²) < 4.78 is 6.07. The lowest BCUT2D eigenvalue weighted by atomic mass is 9.95. The van der Waals surface area contributed by atoms with Gasteiger partial charge in [-0.3, -0.25) is 0 Å². The van der Waals surface area contributed by atoms with Crippen LogP contribution >= 0.6 is 0 Å². The molecule has 0 aromatic heterocycles. The fraction of sp³-hybridized carbons (Fsp3) is 0.429. The number of hydrogen-bond acceptors (Lipinski definition) is 1. The molecule has 2 atom stereocenters. The zero-order chi connectivity index (χ0) is 16.7. The number of rotatable bonds is 8. The molecule has 1 aromatic carbocycles. The Morgan fingerprint density at radius 1 is 1.14 bits per heavy atom. The highest BCUT2D eigenvalue weighted by Gasteiger charge is 2.10. The molecule has 22 heavy (non-hydrogen) atoms. The van der Waals surface area contributed by atoms with Gasteiger partial charge in [-0.25, -0.2) is 0 Å². The molecule has 1 aromatic rings. The van der Waals surface area contributed by atoms with E-state index in [1.165, 1.54) is 11.1 Å². The van der Waals surface area contributed by atoms with E-state index in [1.807, 2.05) is 13.0 Å². The SMILES string of the molecule is C=C(C)/C=C\C(=C)C(C)CCC(C)Oc1ccc(C)cc1C. The molecule has 0 spiro atoms. The molecule has 0 saturated heterocycles. The van der Waals surface area contributed by atoms with Crippen LogP contribution in [0.3, 0.4) is 0 Å². The lowest BCUT2D eigenvalue weighted by molar-refractivity contribution is 0.201. The fourth-order valence-corrected chi connectivity index (χ4v) is 2.29. The predicted octanol–water partition coefficient (Wildman–Crippen LogP) is 6.18. The van der Waals surface area contributed by atoms with Crippen LogP contribution in [0.4, 0.5) is 0 Å². The Kier molecular flexibility index (Phi) is 7.17. The smallest absolute Gasteiger partial charge is 0.122 e. The van der Waals surface area contributed by atoms with Crippen molar-refractivity contribution in [3.63, 3.8) is 0 Å². The predicted molar refractivity (Wildman–Crippen MR) is 97.5 cm³/mol. The first-order valence-corrected chi connectivity index (χ1v) is 8.06. The highest BCUT2D eigenvalue weighted by atomic mass is 16.5. The molecule has 0 aliphatic carbocycles. The maximum Gasteiger partial charge on any atom is 0.122 e. The first kappa shape index (κ1) is 18.3.